The lowest BCUT2D eigenvalue weighted by atomic mass is 10.1. The molecule has 1 aromatic carbocycles. The average Bonchev–Trinajstić information content (AvgIpc) is 3.17. The molecule has 10 nitrogen and oxygen atoms in total. The summed E-state index contributed by atoms with van der Waals surface area (Å²) in [6.07, 6.45) is 3.99. The molecule has 3 rings (SSSR count). The van der Waals surface area contributed by atoms with E-state index in [1.54, 1.807) is 42.2 Å². The Morgan fingerprint density at radius 1 is 1.11 bits per heavy atom. The van der Waals surface area contributed by atoms with Gasteiger partial charge in [0.25, 0.3) is 5.56 Å². The first-order valence-electron chi connectivity index (χ1n) is 7.94. The van der Waals surface area contributed by atoms with Crippen LogP contribution < -0.4 is 16.0 Å². The van der Waals surface area contributed by atoms with E-state index in [0.29, 0.717) is 5.56 Å². The Kier molecular flexibility index (Phi) is 4.81. The molecule has 3 aromatic rings. The summed E-state index contributed by atoms with van der Waals surface area (Å²) in [4.78, 5) is 27.3. The van der Waals surface area contributed by atoms with Gasteiger partial charge in [-0.3, -0.25) is 9.36 Å². The van der Waals surface area contributed by atoms with Gasteiger partial charge in [0.1, 0.15) is 12.7 Å². The fourth-order valence-corrected chi connectivity index (χ4v) is 3.97. The van der Waals surface area contributed by atoms with Crippen LogP contribution in [0.1, 0.15) is 18.5 Å². The van der Waals surface area contributed by atoms with Crippen LogP contribution in [0, 0.1) is 0 Å². The second-order valence-corrected chi connectivity index (χ2v) is 7.71. The number of sulfonamides is 1. The second-order valence-electron chi connectivity index (χ2n) is 6.03. The number of aromatic nitrogens is 5. The van der Waals surface area contributed by atoms with Crippen LogP contribution in [0.3, 0.4) is 0 Å². The fourth-order valence-electron chi connectivity index (χ4n) is 2.58. The molecule has 0 spiro atoms. The van der Waals surface area contributed by atoms with Crippen LogP contribution in [-0.2, 0) is 24.1 Å². The quantitative estimate of drug-likeness (QED) is 0.639. The molecule has 2 heterocycles. The van der Waals surface area contributed by atoms with Gasteiger partial charge >= 0.3 is 5.69 Å². The van der Waals surface area contributed by atoms with Gasteiger partial charge in [0.15, 0.2) is 4.90 Å². The van der Waals surface area contributed by atoms with Crippen molar-refractivity contribution < 1.29 is 8.42 Å². The van der Waals surface area contributed by atoms with Crippen LogP contribution in [0.15, 0.2) is 57.6 Å². The van der Waals surface area contributed by atoms with Crippen LogP contribution in [0.2, 0.25) is 0 Å². The van der Waals surface area contributed by atoms with E-state index in [9.17, 15) is 18.0 Å². The van der Waals surface area contributed by atoms with Crippen LogP contribution in [0.4, 0.5) is 0 Å². The third-order valence-corrected chi connectivity index (χ3v) is 5.64. The van der Waals surface area contributed by atoms with Crippen molar-refractivity contribution in [3.8, 4) is 5.69 Å². The molecule has 0 radical (unpaired) electrons. The molecule has 0 aliphatic rings. The lowest BCUT2D eigenvalue weighted by molar-refractivity contribution is 0.557. The minimum absolute atomic E-state index is 0.488. The first-order valence-corrected chi connectivity index (χ1v) is 9.43. The van der Waals surface area contributed by atoms with E-state index in [4.69, 9.17) is 0 Å². The van der Waals surface area contributed by atoms with Crippen molar-refractivity contribution in [2.24, 2.45) is 14.1 Å². The van der Waals surface area contributed by atoms with E-state index in [1.165, 1.54) is 20.4 Å². The molecule has 11 heteroatoms. The van der Waals surface area contributed by atoms with Gasteiger partial charge in [-0.1, -0.05) is 12.1 Å². The topological polar surface area (TPSA) is 121 Å². The van der Waals surface area contributed by atoms with Gasteiger partial charge in [0.05, 0.1) is 5.69 Å². The van der Waals surface area contributed by atoms with Crippen LogP contribution in [-0.4, -0.2) is 32.3 Å². The molecule has 27 heavy (non-hydrogen) atoms. The highest BCUT2D eigenvalue weighted by Gasteiger charge is 2.24. The smallest absolute Gasteiger partial charge is 0.302 e. The minimum atomic E-state index is -4.12. The summed E-state index contributed by atoms with van der Waals surface area (Å²) in [5, 5.41) is 4.02. The Morgan fingerprint density at radius 2 is 1.78 bits per heavy atom. The highest BCUT2D eigenvalue weighted by atomic mass is 32.2. The first kappa shape index (κ1) is 18.7. The Balaban J connectivity index is 1.88. The van der Waals surface area contributed by atoms with Crippen LogP contribution in [0.5, 0.6) is 0 Å². The molecule has 1 unspecified atom stereocenters. The standard InChI is InChI=1S/C16H18N6O4S/c1-11(12-4-6-13(7-5-12)22-10-17-9-18-22)19-27(25,26)14-8-20(2)16(24)21(3)15(14)23/h4-11,19H,1-3H3. The molecule has 0 saturated heterocycles. The summed E-state index contributed by atoms with van der Waals surface area (Å²) in [5.74, 6) is 0. The number of rotatable bonds is 5. The summed E-state index contributed by atoms with van der Waals surface area (Å²) >= 11 is 0. The zero-order chi connectivity index (χ0) is 19.8. The predicted molar refractivity (Wildman–Crippen MR) is 97.0 cm³/mol. The summed E-state index contributed by atoms with van der Waals surface area (Å²) < 4.78 is 31.1. The maximum atomic E-state index is 12.6. The maximum absolute atomic E-state index is 12.6. The van der Waals surface area contributed by atoms with Crippen LogP contribution >= 0.6 is 0 Å². The summed E-state index contributed by atoms with van der Waals surface area (Å²) in [6.45, 7) is 1.66. The zero-order valence-electron chi connectivity index (χ0n) is 14.9. The molecule has 142 valence electrons. The van der Waals surface area contributed by atoms with Crippen molar-refractivity contribution in [2.45, 2.75) is 17.9 Å². The van der Waals surface area contributed by atoms with E-state index in [1.807, 2.05) is 0 Å². The molecule has 0 bridgehead atoms. The average molecular weight is 390 g/mol. The highest BCUT2D eigenvalue weighted by Crippen LogP contribution is 2.17. The van der Waals surface area contributed by atoms with Crippen molar-refractivity contribution in [3.05, 3.63) is 69.5 Å². The van der Waals surface area contributed by atoms with Crippen LogP contribution in [0.25, 0.3) is 5.69 Å². The SMILES string of the molecule is CC(NS(=O)(=O)c1cn(C)c(=O)n(C)c1=O)c1ccc(-n2cncn2)cc1. The number of hydrogen-bond donors (Lipinski definition) is 1. The van der Waals surface area contributed by atoms with Gasteiger partial charge in [-0.25, -0.2) is 27.6 Å². The summed E-state index contributed by atoms with van der Waals surface area (Å²) in [5.41, 5.74) is -0.00245. The fraction of sp³-hybridized carbons (Fsp3) is 0.250. The van der Waals surface area contributed by atoms with E-state index < -0.39 is 32.2 Å². The third kappa shape index (κ3) is 3.59. The van der Waals surface area contributed by atoms with Gasteiger partial charge in [-0.05, 0) is 24.6 Å². The minimum Gasteiger partial charge on any atom is -0.302 e. The van der Waals surface area contributed by atoms with Gasteiger partial charge < -0.3 is 4.57 Å². The van der Waals surface area contributed by atoms with Gasteiger partial charge in [-0.2, -0.15) is 5.10 Å². The highest BCUT2D eigenvalue weighted by molar-refractivity contribution is 7.89. The summed E-state index contributed by atoms with van der Waals surface area (Å²) in [7, 11) is -1.51. The Morgan fingerprint density at radius 3 is 2.37 bits per heavy atom. The maximum Gasteiger partial charge on any atom is 0.330 e. The molecule has 0 saturated carbocycles. The van der Waals surface area contributed by atoms with E-state index >= 15 is 0 Å². The van der Waals surface area contributed by atoms with Gasteiger partial charge in [0, 0.05) is 26.3 Å². The van der Waals surface area contributed by atoms with E-state index in [-0.39, 0.29) is 0 Å². The van der Waals surface area contributed by atoms with Crippen molar-refractivity contribution in [3.63, 3.8) is 0 Å². The Labute approximate surface area is 154 Å². The molecular weight excluding hydrogens is 372 g/mol. The normalized spacial score (nSPS) is 12.9. The Bertz CT molecular complexity index is 1180. The predicted octanol–water partition coefficient (Wildman–Crippen LogP) is -0.296. The van der Waals surface area contributed by atoms with Gasteiger partial charge in [-0.15, -0.1) is 0 Å². The lowest BCUT2D eigenvalue weighted by Gasteiger charge is -2.15. The third-order valence-electron chi connectivity index (χ3n) is 4.11. The number of aryl methyl sites for hydroxylation is 1. The summed E-state index contributed by atoms with van der Waals surface area (Å²) in [6, 6.07) is 6.47. The molecule has 0 aliphatic heterocycles. The number of hydrogen-bond acceptors (Lipinski definition) is 6. The molecule has 1 N–H and O–H groups in total. The first-order chi connectivity index (χ1) is 12.7. The van der Waals surface area contributed by atoms with E-state index in [2.05, 4.69) is 14.8 Å². The molecule has 0 aliphatic carbocycles. The van der Waals surface area contributed by atoms with Crippen molar-refractivity contribution >= 4 is 10.0 Å². The van der Waals surface area contributed by atoms with Crippen molar-refractivity contribution in [1.29, 1.82) is 0 Å². The monoisotopic (exact) mass is 390 g/mol. The molecular formula is C16H18N6O4S. The molecule has 2 aromatic heterocycles. The lowest BCUT2D eigenvalue weighted by Crippen LogP contribution is -2.41. The number of benzene rings is 1. The second kappa shape index (κ2) is 6.93. The largest absolute Gasteiger partial charge is 0.330 e. The molecule has 0 fully saturated rings. The Hall–Kier alpha value is -3.05. The van der Waals surface area contributed by atoms with Gasteiger partial charge in [0.2, 0.25) is 10.0 Å². The number of nitrogens with one attached hydrogen (secondary N) is 1. The number of nitrogens with zero attached hydrogens (tertiary/aromatic N) is 5. The molecule has 1 atom stereocenters. The van der Waals surface area contributed by atoms with Crippen molar-refractivity contribution in [1.82, 2.24) is 28.6 Å². The zero-order valence-corrected chi connectivity index (χ0v) is 15.7. The van der Waals surface area contributed by atoms with Crippen molar-refractivity contribution in [2.75, 3.05) is 0 Å². The molecule has 0 amide bonds. The van der Waals surface area contributed by atoms with E-state index in [0.717, 1.165) is 21.0 Å².